The maximum absolute atomic E-state index is 10.9. The van der Waals surface area contributed by atoms with Gasteiger partial charge in [0.15, 0.2) is 0 Å². The first-order valence-corrected chi connectivity index (χ1v) is 7.46. The zero-order chi connectivity index (χ0) is 16.1. The molecule has 0 aliphatic carbocycles. The fourth-order valence-corrected chi connectivity index (χ4v) is 1.78. The second-order valence-electron chi connectivity index (χ2n) is 5.18. The molecule has 0 bridgehead atoms. The van der Waals surface area contributed by atoms with E-state index in [-0.39, 0.29) is 6.04 Å². The standard InChI is InChI=1S/C18H28N2O/c1-6-8-9-10-14-20(5)17(4)12-13-18(19-21)15-16(3)11-7-2/h6,8-10,12-17H,1,7,11H2,2-5H3/b9-8-,13-12-,14-10+,18-15+. The van der Waals surface area contributed by atoms with Crippen molar-refractivity contribution in [2.45, 2.75) is 39.7 Å². The minimum atomic E-state index is 0.185. The van der Waals surface area contributed by atoms with Crippen LogP contribution in [0.2, 0.25) is 0 Å². The van der Waals surface area contributed by atoms with Crippen LogP contribution in [0.3, 0.4) is 0 Å². The zero-order valence-corrected chi connectivity index (χ0v) is 13.7. The van der Waals surface area contributed by atoms with Crippen molar-refractivity contribution in [2.24, 2.45) is 11.1 Å². The Hall–Kier alpha value is -1.90. The monoisotopic (exact) mass is 288 g/mol. The normalized spacial score (nSPS) is 15.7. The Morgan fingerprint density at radius 3 is 2.57 bits per heavy atom. The minimum Gasteiger partial charge on any atom is -0.374 e. The predicted molar refractivity (Wildman–Crippen MR) is 92.8 cm³/mol. The summed E-state index contributed by atoms with van der Waals surface area (Å²) in [5.74, 6) is 0.379. The van der Waals surface area contributed by atoms with Gasteiger partial charge in [0.1, 0.15) is 5.70 Å². The Balaban J connectivity index is 4.60. The molecule has 0 N–H and O–H groups in total. The summed E-state index contributed by atoms with van der Waals surface area (Å²) >= 11 is 0. The van der Waals surface area contributed by atoms with E-state index in [0.717, 1.165) is 12.8 Å². The molecule has 21 heavy (non-hydrogen) atoms. The largest absolute Gasteiger partial charge is 0.374 e. The Kier molecular flexibility index (Phi) is 10.8. The van der Waals surface area contributed by atoms with Gasteiger partial charge in [-0.1, -0.05) is 57.2 Å². The highest BCUT2D eigenvalue weighted by molar-refractivity contribution is 5.19. The minimum absolute atomic E-state index is 0.185. The van der Waals surface area contributed by atoms with E-state index >= 15 is 0 Å². The number of rotatable bonds is 10. The smallest absolute Gasteiger partial charge is 0.104 e. The van der Waals surface area contributed by atoms with Crippen LogP contribution in [-0.2, 0) is 0 Å². The van der Waals surface area contributed by atoms with E-state index in [1.54, 1.807) is 12.2 Å². The Labute approximate surface area is 129 Å². The van der Waals surface area contributed by atoms with Crippen molar-refractivity contribution >= 4 is 0 Å². The van der Waals surface area contributed by atoms with Crippen LogP contribution in [0, 0.1) is 10.8 Å². The summed E-state index contributed by atoms with van der Waals surface area (Å²) in [6.45, 7) is 9.92. The molecular formula is C18H28N2O. The molecule has 0 aliphatic heterocycles. The van der Waals surface area contributed by atoms with Crippen LogP contribution in [0.15, 0.2) is 66.2 Å². The molecule has 0 aliphatic rings. The quantitative estimate of drug-likeness (QED) is 0.408. The van der Waals surface area contributed by atoms with E-state index in [2.05, 4.69) is 37.4 Å². The molecule has 3 nitrogen and oxygen atoms in total. The van der Waals surface area contributed by atoms with Gasteiger partial charge in [0.05, 0.1) is 0 Å². The van der Waals surface area contributed by atoms with E-state index in [0.29, 0.717) is 11.6 Å². The summed E-state index contributed by atoms with van der Waals surface area (Å²) in [5.41, 5.74) is 0.506. The summed E-state index contributed by atoms with van der Waals surface area (Å²) in [5, 5.41) is 3.09. The van der Waals surface area contributed by atoms with Gasteiger partial charge in [-0.25, -0.2) is 0 Å². The molecular weight excluding hydrogens is 260 g/mol. The van der Waals surface area contributed by atoms with Crippen LogP contribution in [0.5, 0.6) is 0 Å². The first-order valence-electron chi connectivity index (χ1n) is 7.46. The van der Waals surface area contributed by atoms with Crippen molar-refractivity contribution in [3.63, 3.8) is 0 Å². The van der Waals surface area contributed by atoms with Gasteiger partial charge in [0.25, 0.3) is 0 Å². The molecule has 2 atom stereocenters. The van der Waals surface area contributed by atoms with Crippen molar-refractivity contribution < 1.29 is 0 Å². The topological polar surface area (TPSA) is 32.7 Å². The Morgan fingerprint density at radius 2 is 2.00 bits per heavy atom. The first-order chi connectivity index (χ1) is 10.0. The van der Waals surface area contributed by atoms with Gasteiger partial charge in [-0.05, 0) is 42.8 Å². The predicted octanol–water partition coefficient (Wildman–Crippen LogP) is 5.21. The molecule has 0 spiro atoms. The summed E-state index contributed by atoms with van der Waals surface area (Å²) in [6, 6.07) is 0.185. The van der Waals surface area contributed by atoms with Gasteiger partial charge in [-0.15, -0.1) is 4.91 Å². The van der Waals surface area contributed by atoms with Gasteiger partial charge < -0.3 is 4.90 Å². The molecule has 0 amide bonds. The second kappa shape index (κ2) is 11.9. The van der Waals surface area contributed by atoms with Crippen molar-refractivity contribution in [3.05, 3.63) is 65.9 Å². The number of allylic oxidation sites excluding steroid dienone is 6. The molecule has 2 unspecified atom stereocenters. The molecule has 0 aromatic rings. The van der Waals surface area contributed by atoms with Crippen LogP contribution in [0.1, 0.15) is 33.6 Å². The van der Waals surface area contributed by atoms with Gasteiger partial charge >= 0.3 is 0 Å². The number of hydrogen-bond acceptors (Lipinski definition) is 3. The Morgan fingerprint density at radius 1 is 1.29 bits per heavy atom. The van der Waals surface area contributed by atoms with E-state index in [9.17, 15) is 4.91 Å². The average Bonchev–Trinajstić information content (AvgIpc) is 2.47. The molecule has 0 fully saturated rings. The van der Waals surface area contributed by atoms with Gasteiger partial charge in [0, 0.05) is 13.1 Å². The van der Waals surface area contributed by atoms with E-state index < -0.39 is 0 Å². The molecule has 116 valence electrons. The van der Waals surface area contributed by atoms with E-state index in [1.165, 1.54) is 0 Å². The summed E-state index contributed by atoms with van der Waals surface area (Å²) in [6.07, 6.45) is 17.3. The van der Waals surface area contributed by atoms with Crippen LogP contribution in [0.25, 0.3) is 0 Å². The molecule has 3 heteroatoms. The van der Waals surface area contributed by atoms with Crippen molar-refractivity contribution in [3.8, 4) is 0 Å². The van der Waals surface area contributed by atoms with Crippen LogP contribution >= 0.6 is 0 Å². The fourth-order valence-electron chi connectivity index (χ4n) is 1.78. The summed E-state index contributed by atoms with van der Waals surface area (Å²) in [4.78, 5) is 12.9. The lowest BCUT2D eigenvalue weighted by molar-refractivity contribution is 0.407. The SMILES string of the molecule is C=C/C=C\C=C\N(C)C(C)/C=C\C(=C/C(C)CCC)N=O. The number of likely N-dealkylation sites (N-methyl/N-ethyl adjacent to an activating group) is 1. The molecule has 0 aromatic heterocycles. The lowest BCUT2D eigenvalue weighted by Crippen LogP contribution is -2.21. The van der Waals surface area contributed by atoms with E-state index in [1.807, 2.05) is 43.6 Å². The van der Waals surface area contributed by atoms with Gasteiger partial charge in [-0.3, -0.25) is 0 Å². The van der Waals surface area contributed by atoms with Crippen LogP contribution in [-0.4, -0.2) is 18.0 Å². The third kappa shape index (κ3) is 9.61. The van der Waals surface area contributed by atoms with Crippen LogP contribution in [0.4, 0.5) is 0 Å². The molecule has 0 aromatic carbocycles. The fraction of sp³-hybridized carbons (Fsp3) is 0.444. The molecule has 0 saturated heterocycles. The van der Waals surface area contributed by atoms with E-state index in [4.69, 9.17) is 0 Å². The van der Waals surface area contributed by atoms with Crippen molar-refractivity contribution in [1.29, 1.82) is 0 Å². The van der Waals surface area contributed by atoms with Crippen LogP contribution < -0.4 is 0 Å². The number of nitroso groups, excluding NO2 is 1. The van der Waals surface area contributed by atoms with Crippen molar-refractivity contribution in [2.75, 3.05) is 7.05 Å². The zero-order valence-electron chi connectivity index (χ0n) is 13.7. The average molecular weight is 288 g/mol. The molecule has 0 heterocycles. The highest BCUT2D eigenvalue weighted by atomic mass is 16.3. The second-order valence-corrected chi connectivity index (χ2v) is 5.18. The maximum Gasteiger partial charge on any atom is 0.104 e. The third-order valence-electron chi connectivity index (χ3n) is 3.17. The Bertz CT molecular complexity index is 419. The highest BCUT2D eigenvalue weighted by Gasteiger charge is 2.02. The van der Waals surface area contributed by atoms with Gasteiger partial charge in [-0.2, -0.15) is 0 Å². The van der Waals surface area contributed by atoms with Gasteiger partial charge in [0.2, 0.25) is 0 Å². The number of nitrogens with zero attached hydrogens (tertiary/aromatic N) is 2. The molecule has 0 radical (unpaired) electrons. The van der Waals surface area contributed by atoms with Crippen molar-refractivity contribution in [1.82, 2.24) is 4.90 Å². The number of hydrogen-bond donors (Lipinski definition) is 0. The third-order valence-corrected chi connectivity index (χ3v) is 3.17. The molecule has 0 rings (SSSR count). The lowest BCUT2D eigenvalue weighted by Gasteiger charge is -2.19. The maximum atomic E-state index is 10.9. The summed E-state index contributed by atoms with van der Waals surface area (Å²) < 4.78 is 0. The molecule has 0 saturated carbocycles. The first kappa shape index (κ1) is 19.1. The highest BCUT2D eigenvalue weighted by Crippen LogP contribution is 2.12. The summed E-state index contributed by atoms with van der Waals surface area (Å²) in [7, 11) is 1.99. The lowest BCUT2D eigenvalue weighted by atomic mass is 10.0.